The van der Waals surface area contributed by atoms with Crippen molar-refractivity contribution in [3.8, 4) is 5.75 Å². The lowest BCUT2D eigenvalue weighted by molar-refractivity contribution is -0.187. The van der Waals surface area contributed by atoms with Crippen molar-refractivity contribution in [2.24, 2.45) is 0 Å². The van der Waals surface area contributed by atoms with Crippen molar-refractivity contribution in [1.82, 2.24) is 9.80 Å². The first kappa shape index (κ1) is 18.7. The Morgan fingerprint density at radius 2 is 1.77 bits per heavy atom. The quantitative estimate of drug-likeness (QED) is 0.792. The molecule has 2 aliphatic rings. The molecule has 1 spiro atoms. The van der Waals surface area contributed by atoms with Crippen molar-refractivity contribution >= 4 is 11.8 Å². The number of hydrogen-bond acceptors (Lipinski definition) is 5. The van der Waals surface area contributed by atoms with Crippen LogP contribution < -0.4 is 4.74 Å². The van der Waals surface area contributed by atoms with E-state index in [0.717, 1.165) is 11.3 Å². The molecular formula is C19H26N2O5. The molecule has 0 bridgehead atoms. The lowest BCUT2D eigenvalue weighted by Crippen LogP contribution is -2.50. The van der Waals surface area contributed by atoms with Gasteiger partial charge >= 0.3 is 0 Å². The number of benzene rings is 1. The highest BCUT2D eigenvalue weighted by atomic mass is 16.7. The fourth-order valence-corrected chi connectivity index (χ4v) is 3.38. The molecule has 0 unspecified atom stereocenters. The number of hydrogen-bond donors (Lipinski definition) is 0. The molecule has 0 saturated carbocycles. The summed E-state index contributed by atoms with van der Waals surface area (Å²) < 4.78 is 16.5. The number of methoxy groups -OCH3 is 1. The Balaban J connectivity index is 1.55. The Kier molecular flexibility index (Phi) is 5.78. The van der Waals surface area contributed by atoms with Gasteiger partial charge in [-0.2, -0.15) is 0 Å². The molecule has 7 nitrogen and oxygen atoms in total. The highest BCUT2D eigenvalue weighted by Gasteiger charge is 2.40. The molecule has 7 heteroatoms. The van der Waals surface area contributed by atoms with E-state index >= 15 is 0 Å². The normalized spacial score (nSPS) is 18.8. The lowest BCUT2D eigenvalue weighted by Gasteiger charge is -2.38. The third kappa shape index (κ3) is 4.34. The molecule has 0 radical (unpaired) electrons. The summed E-state index contributed by atoms with van der Waals surface area (Å²) in [5, 5.41) is 0. The highest BCUT2D eigenvalue weighted by Crippen LogP contribution is 2.31. The van der Waals surface area contributed by atoms with Gasteiger partial charge in [-0.3, -0.25) is 9.59 Å². The summed E-state index contributed by atoms with van der Waals surface area (Å²) in [6.07, 6.45) is 1.36. The average Bonchev–Trinajstić information content (AvgIpc) is 3.10. The highest BCUT2D eigenvalue weighted by molar-refractivity contribution is 5.84. The standard InChI is InChI=1S/C19H26N2O5/c1-15(22)21(13-16-3-5-17(24-2)6-4-16)14-18(23)20-9-7-19(8-10-20)25-11-12-26-19/h3-6H,7-14H2,1-2H3. The van der Waals surface area contributed by atoms with Gasteiger partial charge in [0.25, 0.3) is 0 Å². The molecule has 2 aliphatic heterocycles. The zero-order valence-corrected chi connectivity index (χ0v) is 15.4. The van der Waals surface area contributed by atoms with E-state index in [2.05, 4.69) is 0 Å². The van der Waals surface area contributed by atoms with Crippen molar-refractivity contribution in [2.75, 3.05) is 40.0 Å². The molecule has 1 aromatic carbocycles. The summed E-state index contributed by atoms with van der Waals surface area (Å²) in [5.41, 5.74) is 0.958. The maximum atomic E-state index is 12.6. The third-order valence-electron chi connectivity index (χ3n) is 5.00. The van der Waals surface area contributed by atoms with Gasteiger partial charge in [0.1, 0.15) is 12.3 Å². The Morgan fingerprint density at radius 3 is 2.31 bits per heavy atom. The second-order valence-electron chi connectivity index (χ2n) is 6.71. The van der Waals surface area contributed by atoms with E-state index in [-0.39, 0.29) is 18.4 Å². The number of rotatable bonds is 5. The summed E-state index contributed by atoms with van der Waals surface area (Å²) in [5.74, 6) is 0.101. The number of piperidine rings is 1. The van der Waals surface area contributed by atoms with Crippen LogP contribution in [-0.2, 0) is 25.6 Å². The Bertz CT molecular complexity index is 630. The van der Waals surface area contributed by atoms with Gasteiger partial charge in [0.2, 0.25) is 11.8 Å². The van der Waals surface area contributed by atoms with Gasteiger partial charge in [0.15, 0.2) is 5.79 Å². The number of nitrogens with zero attached hydrogens (tertiary/aromatic N) is 2. The number of likely N-dealkylation sites (tertiary alicyclic amines) is 1. The molecule has 26 heavy (non-hydrogen) atoms. The van der Waals surface area contributed by atoms with Gasteiger partial charge in [0.05, 0.1) is 20.3 Å². The zero-order valence-electron chi connectivity index (χ0n) is 15.4. The Labute approximate surface area is 153 Å². The second-order valence-corrected chi connectivity index (χ2v) is 6.71. The van der Waals surface area contributed by atoms with Crippen LogP contribution in [0.25, 0.3) is 0 Å². The zero-order chi connectivity index (χ0) is 18.6. The number of carbonyl (C=O) groups excluding carboxylic acids is 2. The van der Waals surface area contributed by atoms with Crippen molar-refractivity contribution < 1.29 is 23.8 Å². The molecule has 142 valence electrons. The number of ether oxygens (including phenoxy) is 3. The fourth-order valence-electron chi connectivity index (χ4n) is 3.38. The summed E-state index contributed by atoms with van der Waals surface area (Å²) in [6.45, 7) is 4.38. The minimum atomic E-state index is -0.500. The van der Waals surface area contributed by atoms with Crippen molar-refractivity contribution in [2.45, 2.75) is 32.1 Å². The van der Waals surface area contributed by atoms with Crippen LogP contribution >= 0.6 is 0 Å². The fraction of sp³-hybridized carbons (Fsp3) is 0.579. The van der Waals surface area contributed by atoms with E-state index in [0.29, 0.717) is 45.7 Å². The van der Waals surface area contributed by atoms with E-state index in [4.69, 9.17) is 14.2 Å². The molecule has 1 aromatic rings. The van der Waals surface area contributed by atoms with Crippen LogP contribution in [0.5, 0.6) is 5.75 Å². The maximum Gasteiger partial charge on any atom is 0.242 e. The van der Waals surface area contributed by atoms with E-state index in [1.165, 1.54) is 6.92 Å². The molecule has 0 N–H and O–H groups in total. The van der Waals surface area contributed by atoms with Gasteiger partial charge < -0.3 is 24.0 Å². The Morgan fingerprint density at radius 1 is 1.15 bits per heavy atom. The van der Waals surface area contributed by atoms with Crippen LogP contribution in [0.3, 0.4) is 0 Å². The van der Waals surface area contributed by atoms with Crippen molar-refractivity contribution in [3.05, 3.63) is 29.8 Å². The molecule has 0 atom stereocenters. The molecule has 2 heterocycles. The van der Waals surface area contributed by atoms with Crippen LogP contribution in [-0.4, -0.2) is 67.4 Å². The van der Waals surface area contributed by atoms with Crippen LogP contribution in [0, 0.1) is 0 Å². The first-order valence-corrected chi connectivity index (χ1v) is 8.95. The topological polar surface area (TPSA) is 68.3 Å². The predicted molar refractivity (Wildman–Crippen MR) is 94.5 cm³/mol. The molecule has 2 fully saturated rings. The second kappa shape index (κ2) is 8.05. The summed E-state index contributed by atoms with van der Waals surface area (Å²) >= 11 is 0. The largest absolute Gasteiger partial charge is 0.497 e. The molecule has 3 rings (SSSR count). The van der Waals surface area contributed by atoms with E-state index in [1.54, 1.807) is 16.9 Å². The average molecular weight is 362 g/mol. The smallest absolute Gasteiger partial charge is 0.242 e. The molecule has 2 saturated heterocycles. The molecular weight excluding hydrogens is 336 g/mol. The maximum absolute atomic E-state index is 12.6. The first-order chi connectivity index (χ1) is 12.5. The SMILES string of the molecule is COc1ccc(CN(CC(=O)N2CCC3(CC2)OCCO3)C(C)=O)cc1. The van der Waals surface area contributed by atoms with E-state index in [9.17, 15) is 9.59 Å². The van der Waals surface area contributed by atoms with Gasteiger partial charge in [-0.1, -0.05) is 12.1 Å². The lowest BCUT2D eigenvalue weighted by atomic mass is 10.0. The molecule has 0 aromatic heterocycles. The van der Waals surface area contributed by atoms with Crippen LogP contribution in [0.1, 0.15) is 25.3 Å². The first-order valence-electron chi connectivity index (χ1n) is 8.95. The number of carbonyl (C=O) groups is 2. The monoisotopic (exact) mass is 362 g/mol. The van der Waals surface area contributed by atoms with Crippen molar-refractivity contribution in [1.29, 1.82) is 0 Å². The molecule has 2 amide bonds. The summed E-state index contributed by atoms with van der Waals surface area (Å²) in [7, 11) is 1.61. The van der Waals surface area contributed by atoms with Gasteiger partial charge in [-0.15, -0.1) is 0 Å². The van der Waals surface area contributed by atoms with Gasteiger partial charge in [0, 0.05) is 39.4 Å². The van der Waals surface area contributed by atoms with Gasteiger partial charge in [-0.05, 0) is 17.7 Å². The van der Waals surface area contributed by atoms with E-state index in [1.807, 2.05) is 24.3 Å². The van der Waals surface area contributed by atoms with Crippen LogP contribution in [0.4, 0.5) is 0 Å². The van der Waals surface area contributed by atoms with Crippen LogP contribution in [0.15, 0.2) is 24.3 Å². The minimum absolute atomic E-state index is 0.0402. The summed E-state index contributed by atoms with van der Waals surface area (Å²) in [6, 6.07) is 7.50. The van der Waals surface area contributed by atoms with Crippen LogP contribution in [0.2, 0.25) is 0 Å². The number of amides is 2. The minimum Gasteiger partial charge on any atom is -0.497 e. The van der Waals surface area contributed by atoms with Crippen molar-refractivity contribution in [3.63, 3.8) is 0 Å². The third-order valence-corrected chi connectivity index (χ3v) is 5.00. The van der Waals surface area contributed by atoms with Gasteiger partial charge in [-0.25, -0.2) is 0 Å². The summed E-state index contributed by atoms with van der Waals surface area (Å²) in [4.78, 5) is 28.0. The molecule has 0 aliphatic carbocycles. The van der Waals surface area contributed by atoms with E-state index < -0.39 is 5.79 Å². The Hall–Kier alpha value is -2.12. The predicted octanol–water partition coefficient (Wildman–Crippen LogP) is 1.41.